The highest BCUT2D eigenvalue weighted by Gasteiger charge is 2.11. The van der Waals surface area contributed by atoms with Crippen LogP contribution >= 0.6 is 0 Å². The molecule has 2 N–H and O–H groups in total. The van der Waals surface area contributed by atoms with E-state index in [0.717, 1.165) is 12.2 Å². The van der Waals surface area contributed by atoms with Crippen molar-refractivity contribution in [3.63, 3.8) is 0 Å². The van der Waals surface area contributed by atoms with Crippen molar-refractivity contribution in [2.24, 2.45) is 5.92 Å². The first kappa shape index (κ1) is 11.5. The van der Waals surface area contributed by atoms with Crippen molar-refractivity contribution in [2.75, 3.05) is 11.9 Å². The van der Waals surface area contributed by atoms with Gasteiger partial charge < -0.3 is 10.4 Å². The van der Waals surface area contributed by atoms with Gasteiger partial charge in [-0.15, -0.1) is 0 Å². The maximum Gasteiger partial charge on any atom is 0.339 e. The molecule has 1 aromatic heterocycles. The first-order chi connectivity index (χ1) is 7.00. The van der Waals surface area contributed by atoms with Crippen LogP contribution < -0.4 is 5.32 Å². The third-order valence-electron chi connectivity index (χ3n) is 1.94. The monoisotopic (exact) mass is 208 g/mol. The Hall–Kier alpha value is -1.58. The van der Waals surface area contributed by atoms with Crippen LogP contribution in [0.1, 0.15) is 29.9 Å². The topological polar surface area (TPSA) is 62.2 Å². The van der Waals surface area contributed by atoms with E-state index >= 15 is 0 Å². The van der Waals surface area contributed by atoms with E-state index in [9.17, 15) is 4.79 Å². The molecule has 1 rings (SSSR count). The highest BCUT2D eigenvalue weighted by Crippen LogP contribution is 2.13. The van der Waals surface area contributed by atoms with Crippen LogP contribution in [0, 0.1) is 12.8 Å². The number of hydrogen-bond donors (Lipinski definition) is 2. The number of anilines is 1. The minimum atomic E-state index is -0.950. The largest absolute Gasteiger partial charge is 0.478 e. The molecule has 4 heteroatoms. The zero-order chi connectivity index (χ0) is 11.4. The molecule has 0 saturated heterocycles. The first-order valence-corrected chi connectivity index (χ1v) is 4.95. The summed E-state index contributed by atoms with van der Waals surface area (Å²) in [4.78, 5) is 15.1. The number of hydrogen-bond acceptors (Lipinski definition) is 3. The summed E-state index contributed by atoms with van der Waals surface area (Å²) in [6.45, 7) is 6.68. The highest BCUT2D eigenvalue weighted by atomic mass is 16.4. The Morgan fingerprint density at radius 2 is 2.20 bits per heavy atom. The summed E-state index contributed by atoms with van der Waals surface area (Å²) >= 11 is 0. The van der Waals surface area contributed by atoms with Gasteiger partial charge in [0.25, 0.3) is 0 Å². The van der Waals surface area contributed by atoms with Gasteiger partial charge in [-0.25, -0.2) is 9.78 Å². The smallest absolute Gasteiger partial charge is 0.339 e. The Kier molecular flexibility index (Phi) is 3.66. The van der Waals surface area contributed by atoms with Crippen LogP contribution in [0.25, 0.3) is 0 Å². The summed E-state index contributed by atoms with van der Waals surface area (Å²) in [5.41, 5.74) is 1.03. The van der Waals surface area contributed by atoms with Crippen molar-refractivity contribution < 1.29 is 9.90 Å². The molecule has 4 nitrogen and oxygen atoms in total. The van der Waals surface area contributed by atoms with E-state index in [4.69, 9.17) is 5.11 Å². The number of nitrogens with one attached hydrogen (secondary N) is 1. The van der Waals surface area contributed by atoms with Gasteiger partial charge in [-0.1, -0.05) is 13.8 Å². The van der Waals surface area contributed by atoms with Gasteiger partial charge in [0.15, 0.2) is 0 Å². The molecule has 82 valence electrons. The van der Waals surface area contributed by atoms with Gasteiger partial charge >= 0.3 is 5.97 Å². The molecule has 0 amide bonds. The average molecular weight is 208 g/mol. The molecule has 0 unspecified atom stereocenters. The van der Waals surface area contributed by atoms with E-state index < -0.39 is 5.97 Å². The van der Waals surface area contributed by atoms with Gasteiger partial charge in [0.2, 0.25) is 0 Å². The van der Waals surface area contributed by atoms with Gasteiger partial charge in [-0.05, 0) is 25.0 Å². The van der Waals surface area contributed by atoms with Gasteiger partial charge in [-0.2, -0.15) is 0 Å². The zero-order valence-corrected chi connectivity index (χ0v) is 9.24. The molecule has 1 heterocycles. The van der Waals surface area contributed by atoms with Crippen LogP contribution in [-0.2, 0) is 0 Å². The minimum absolute atomic E-state index is 0.223. The Labute approximate surface area is 89.3 Å². The van der Waals surface area contributed by atoms with E-state index in [1.807, 2.05) is 6.92 Å². The van der Waals surface area contributed by atoms with Crippen LogP contribution in [0.15, 0.2) is 12.1 Å². The molecule has 0 saturated carbocycles. The second kappa shape index (κ2) is 4.77. The van der Waals surface area contributed by atoms with Gasteiger partial charge in [0.1, 0.15) is 11.4 Å². The van der Waals surface area contributed by atoms with Gasteiger partial charge in [0.05, 0.1) is 0 Å². The molecule has 0 spiro atoms. The van der Waals surface area contributed by atoms with Crippen LogP contribution in [0.5, 0.6) is 0 Å². The molecular weight excluding hydrogens is 192 g/mol. The standard InChI is InChI=1S/C11H16N2O2/c1-7(2)6-12-10-9(11(14)15)5-4-8(3)13-10/h4-5,7H,6H2,1-3H3,(H,12,13)(H,14,15). The lowest BCUT2D eigenvalue weighted by atomic mass is 10.2. The number of carboxylic acid groups (broad SMARTS) is 1. The predicted octanol–water partition coefficient (Wildman–Crippen LogP) is 2.16. The van der Waals surface area contributed by atoms with E-state index in [1.54, 1.807) is 12.1 Å². The lowest BCUT2D eigenvalue weighted by Crippen LogP contribution is -2.13. The molecule has 0 radical (unpaired) electrons. The van der Waals surface area contributed by atoms with Crippen molar-refractivity contribution >= 4 is 11.8 Å². The lowest BCUT2D eigenvalue weighted by molar-refractivity contribution is 0.0697. The van der Waals surface area contributed by atoms with Crippen molar-refractivity contribution in [2.45, 2.75) is 20.8 Å². The first-order valence-electron chi connectivity index (χ1n) is 4.95. The Bertz CT molecular complexity index is 362. The normalized spacial score (nSPS) is 10.4. The van der Waals surface area contributed by atoms with Crippen LogP contribution in [0.4, 0.5) is 5.82 Å². The van der Waals surface area contributed by atoms with E-state index in [2.05, 4.69) is 24.1 Å². The van der Waals surface area contributed by atoms with E-state index in [0.29, 0.717) is 11.7 Å². The number of aryl methyl sites for hydroxylation is 1. The molecule has 0 aliphatic carbocycles. The number of carboxylic acids is 1. The highest BCUT2D eigenvalue weighted by molar-refractivity contribution is 5.93. The van der Waals surface area contributed by atoms with Crippen LogP contribution in [-0.4, -0.2) is 22.6 Å². The van der Waals surface area contributed by atoms with Gasteiger partial charge in [-0.3, -0.25) is 0 Å². The summed E-state index contributed by atoms with van der Waals surface area (Å²) in [6.07, 6.45) is 0. The Balaban J connectivity index is 2.92. The molecule has 0 fully saturated rings. The van der Waals surface area contributed by atoms with Crippen LogP contribution in [0.2, 0.25) is 0 Å². The predicted molar refractivity (Wildman–Crippen MR) is 59.3 cm³/mol. The zero-order valence-electron chi connectivity index (χ0n) is 9.24. The third kappa shape index (κ3) is 3.23. The quantitative estimate of drug-likeness (QED) is 0.795. The van der Waals surface area contributed by atoms with Crippen molar-refractivity contribution in [1.29, 1.82) is 0 Å². The number of nitrogens with zero attached hydrogens (tertiary/aromatic N) is 1. The second-order valence-corrected chi connectivity index (χ2v) is 3.93. The van der Waals surface area contributed by atoms with Gasteiger partial charge in [0, 0.05) is 12.2 Å². The van der Waals surface area contributed by atoms with Crippen molar-refractivity contribution in [3.05, 3.63) is 23.4 Å². The molecular formula is C11H16N2O2. The maximum absolute atomic E-state index is 10.9. The summed E-state index contributed by atoms with van der Waals surface area (Å²) in [5, 5.41) is 12.0. The number of aromatic nitrogens is 1. The molecule has 0 aliphatic heterocycles. The molecule has 0 aliphatic rings. The molecule has 0 bridgehead atoms. The number of aromatic carboxylic acids is 1. The molecule has 0 aromatic carbocycles. The molecule has 15 heavy (non-hydrogen) atoms. The summed E-state index contributed by atoms with van der Waals surface area (Å²) in [5.74, 6) is -0.0427. The maximum atomic E-state index is 10.9. The fraction of sp³-hybridized carbons (Fsp3) is 0.455. The SMILES string of the molecule is Cc1ccc(C(=O)O)c(NCC(C)C)n1. The van der Waals surface area contributed by atoms with Crippen molar-refractivity contribution in [1.82, 2.24) is 4.98 Å². The summed E-state index contributed by atoms with van der Waals surface area (Å²) < 4.78 is 0. The number of pyridine rings is 1. The Morgan fingerprint density at radius 3 is 2.73 bits per heavy atom. The summed E-state index contributed by atoms with van der Waals surface area (Å²) in [7, 11) is 0. The lowest BCUT2D eigenvalue weighted by Gasteiger charge is -2.11. The molecule has 1 aromatic rings. The van der Waals surface area contributed by atoms with Crippen molar-refractivity contribution in [3.8, 4) is 0 Å². The second-order valence-electron chi connectivity index (χ2n) is 3.93. The van der Waals surface area contributed by atoms with E-state index in [1.165, 1.54) is 0 Å². The third-order valence-corrected chi connectivity index (χ3v) is 1.94. The van der Waals surface area contributed by atoms with Crippen LogP contribution in [0.3, 0.4) is 0 Å². The summed E-state index contributed by atoms with van der Waals surface area (Å²) in [6, 6.07) is 3.28. The number of carbonyl (C=O) groups is 1. The average Bonchev–Trinajstić information content (AvgIpc) is 2.14. The molecule has 0 atom stereocenters. The fourth-order valence-corrected chi connectivity index (χ4v) is 1.16. The fourth-order valence-electron chi connectivity index (χ4n) is 1.16. The minimum Gasteiger partial charge on any atom is -0.478 e. The number of rotatable bonds is 4. The van der Waals surface area contributed by atoms with E-state index in [-0.39, 0.29) is 5.56 Å². The Morgan fingerprint density at radius 1 is 1.53 bits per heavy atom.